The molecule has 2 heterocycles. The summed E-state index contributed by atoms with van der Waals surface area (Å²) in [5, 5.41) is 6.70. The van der Waals surface area contributed by atoms with E-state index in [0.29, 0.717) is 12.6 Å². The van der Waals surface area contributed by atoms with Gasteiger partial charge in [-0.05, 0) is 49.3 Å². The zero-order valence-corrected chi connectivity index (χ0v) is 17.0. The van der Waals surface area contributed by atoms with E-state index in [1.54, 1.807) is 7.11 Å². The van der Waals surface area contributed by atoms with E-state index in [1.165, 1.54) is 16.7 Å². The number of ether oxygens (including phenoxy) is 2. The number of rotatable bonds is 9. The summed E-state index contributed by atoms with van der Waals surface area (Å²) in [6, 6.07) is 4.77. The van der Waals surface area contributed by atoms with Crippen LogP contribution in [0, 0.1) is 0 Å². The molecular weight excluding hydrogens is 354 g/mol. The lowest BCUT2D eigenvalue weighted by Gasteiger charge is -2.31. The number of benzene rings is 1. The second-order valence-electron chi connectivity index (χ2n) is 8.19. The molecule has 1 saturated carbocycles. The van der Waals surface area contributed by atoms with E-state index in [9.17, 15) is 4.79 Å². The summed E-state index contributed by atoms with van der Waals surface area (Å²) in [5.74, 6) is 1.26. The number of fused-ring (bicyclic) bond motifs is 1. The van der Waals surface area contributed by atoms with E-state index in [1.807, 2.05) is 0 Å². The van der Waals surface area contributed by atoms with Gasteiger partial charge in [-0.1, -0.05) is 6.07 Å². The zero-order valence-electron chi connectivity index (χ0n) is 17.0. The van der Waals surface area contributed by atoms with Gasteiger partial charge in [0, 0.05) is 57.9 Å². The Labute approximate surface area is 168 Å². The van der Waals surface area contributed by atoms with Crippen molar-refractivity contribution in [3.8, 4) is 5.75 Å². The fourth-order valence-electron chi connectivity index (χ4n) is 4.32. The lowest BCUT2D eigenvalue weighted by Crippen LogP contribution is -2.56. The maximum Gasteiger partial charge on any atom is 0.241 e. The number of carbonyl (C=O) groups is 1. The first-order valence-corrected chi connectivity index (χ1v) is 10.8. The van der Waals surface area contributed by atoms with Crippen LogP contribution in [0.3, 0.4) is 0 Å². The Morgan fingerprint density at radius 1 is 1.29 bits per heavy atom. The van der Waals surface area contributed by atoms with Crippen LogP contribution >= 0.6 is 0 Å². The first-order valence-electron chi connectivity index (χ1n) is 10.8. The molecule has 154 valence electrons. The molecule has 2 N–H and O–H groups in total. The monoisotopic (exact) mass is 387 g/mol. The molecule has 1 saturated heterocycles. The standard InChI is InChI=1S/C22H33N3O3/c1-27-10-3-2-4-17-12-16(13-21-19(17)7-11-28-21)15-25(18-5-6-18)22(26)20-14-23-8-9-24-20/h12-13,18,20,23-24H,2-11,14-15H2,1H3/t20-/m1/s1. The van der Waals surface area contributed by atoms with Crippen LogP contribution in [-0.4, -0.2) is 62.8 Å². The Morgan fingerprint density at radius 2 is 2.18 bits per heavy atom. The molecule has 0 radical (unpaired) electrons. The normalized spacial score (nSPS) is 21.2. The first-order chi connectivity index (χ1) is 13.8. The van der Waals surface area contributed by atoms with Crippen molar-refractivity contribution in [3.05, 3.63) is 28.8 Å². The predicted molar refractivity (Wildman–Crippen MR) is 109 cm³/mol. The van der Waals surface area contributed by atoms with Crippen LogP contribution in [0.1, 0.15) is 42.4 Å². The number of nitrogens with one attached hydrogen (secondary N) is 2. The molecule has 0 aromatic heterocycles. The number of nitrogens with zero attached hydrogens (tertiary/aromatic N) is 1. The summed E-state index contributed by atoms with van der Waals surface area (Å²) in [5.41, 5.74) is 3.96. The molecule has 1 aliphatic carbocycles. The molecule has 6 nitrogen and oxygen atoms in total. The van der Waals surface area contributed by atoms with Gasteiger partial charge in [0.15, 0.2) is 0 Å². The SMILES string of the molecule is COCCCCc1cc(CN(C(=O)[C@H]2CNCCN2)C2CC2)cc2c1CCO2. The fourth-order valence-corrected chi connectivity index (χ4v) is 4.32. The van der Waals surface area contributed by atoms with Gasteiger partial charge in [-0.2, -0.15) is 0 Å². The molecule has 0 unspecified atom stereocenters. The van der Waals surface area contributed by atoms with E-state index in [4.69, 9.17) is 9.47 Å². The molecule has 1 atom stereocenters. The van der Waals surface area contributed by atoms with Gasteiger partial charge >= 0.3 is 0 Å². The van der Waals surface area contributed by atoms with Gasteiger partial charge in [0.1, 0.15) is 5.75 Å². The Bertz CT molecular complexity index is 684. The third kappa shape index (κ3) is 4.67. The van der Waals surface area contributed by atoms with Gasteiger partial charge in [-0.15, -0.1) is 0 Å². The highest BCUT2D eigenvalue weighted by Crippen LogP contribution is 2.34. The lowest BCUT2D eigenvalue weighted by molar-refractivity contribution is -0.134. The van der Waals surface area contributed by atoms with Crippen LogP contribution in [-0.2, 0) is 28.9 Å². The van der Waals surface area contributed by atoms with Crippen molar-refractivity contribution < 1.29 is 14.3 Å². The Hall–Kier alpha value is -1.63. The maximum atomic E-state index is 13.1. The molecule has 0 spiro atoms. The van der Waals surface area contributed by atoms with E-state index >= 15 is 0 Å². The summed E-state index contributed by atoms with van der Waals surface area (Å²) in [7, 11) is 1.76. The Morgan fingerprint density at radius 3 is 2.93 bits per heavy atom. The Kier molecular flexibility index (Phi) is 6.50. The van der Waals surface area contributed by atoms with Crippen molar-refractivity contribution >= 4 is 5.91 Å². The second kappa shape index (κ2) is 9.25. The number of hydrogen-bond acceptors (Lipinski definition) is 5. The molecule has 2 aliphatic heterocycles. The van der Waals surface area contributed by atoms with Crippen LogP contribution in [0.5, 0.6) is 5.75 Å². The van der Waals surface area contributed by atoms with Crippen LogP contribution in [0.15, 0.2) is 12.1 Å². The van der Waals surface area contributed by atoms with Gasteiger partial charge in [0.05, 0.1) is 12.6 Å². The van der Waals surface area contributed by atoms with E-state index in [0.717, 1.165) is 77.1 Å². The third-order valence-electron chi connectivity index (χ3n) is 5.98. The number of amides is 1. The summed E-state index contributed by atoms with van der Waals surface area (Å²) >= 11 is 0. The number of methoxy groups -OCH3 is 1. The van der Waals surface area contributed by atoms with Crippen LogP contribution in [0.4, 0.5) is 0 Å². The quantitative estimate of drug-likeness (QED) is 0.631. The molecule has 1 aromatic rings. The first kappa shape index (κ1) is 19.7. The summed E-state index contributed by atoms with van der Waals surface area (Å²) in [6.07, 6.45) is 6.48. The minimum absolute atomic E-state index is 0.103. The molecule has 1 aromatic carbocycles. The van der Waals surface area contributed by atoms with Gasteiger partial charge in [-0.3, -0.25) is 4.79 Å². The molecule has 28 heavy (non-hydrogen) atoms. The predicted octanol–water partition coefficient (Wildman–Crippen LogP) is 1.64. The average Bonchev–Trinajstić information content (AvgIpc) is 3.46. The molecule has 4 rings (SSSR count). The zero-order chi connectivity index (χ0) is 19.3. The van der Waals surface area contributed by atoms with E-state index in [-0.39, 0.29) is 11.9 Å². The summed E-state index contributed by atoms with van der Waals surface area (Å²) < 4.78 is 11.1. The summed E-state index contributed by atoms with van der Waals surface area (Å²) in [6.45, 7) is 4.77. The molecular formula is C22H33N3O3. The topological polar surface area (TPSA) is 62.8 Å². The number of piperazine rings is 1. The van der Waals surface area contributed by atoms with E-state index < -0.39 is 0 Å². The van der Waals surface area contributed by atoms with Gasteiger partial charge in [0.2, 0.25) is 5.91 Å². The largest absolute Gasteiger partial charge is 0.493 e. The van der Waals surface area contributed by atoms with Gasteiger partial charge in [0.25, 0.3) is 0 Å². The minimum Gasteiger partial charge on any atom is -0.493 e. The molecule has 6 heteroatoms. The maximum absolute atomic E-state index is 13.1. The van der Waals surface area contributed by atoms with Crippen LogP contribution < -0.4 is 15.4 Å². The van der Waals surface area contributed by atoms with Crippen LogP contribution in [0.2, 0.25) is 0 Å². The van der Waals surface area contributed by atoms with Crippen molar-refractivity contribution in [2.75, 3.05) is 40.0 Å². The van der Waals surface area contributed by atoms with Crippen molar-refractivity contribution in [3.63, 3.8) is 0 Å². The third-order valence-corrected chi connectivity index (χ3v) is 5.98. The number of hydrogen-bond donors (Lipinski definition) is 2. The van der Waals surface area contributed by atoms with Crippen molar-refractivity contribution in [2.45, 2.75) is 57.2 Å². The number of unbranched alkanes of at least 4 members (excludes halogenated alkanes) is 1. The molecule has 2 fully saturated rings. The second-order valence-corrected chi connectivity index (χ2v) is 8.19. The average molecular weight is 388 g/mol. The van der Waals surface area contributed by atoms with Gasteiger partial charge in [-0.25, -0.2) is 0 Å². The highest BCUT2D eigenvalue weighted by Gasteiger charge is 2.36. The lowest BCUT2D eigenvalue weighted by atomic mass is 9.97. The van der Waals surface area contributed by atoms with Crippen molar-refractivity contribution in [2.24, 2.45) is 0 Å². The van der Waals surface area contributed by atoms with Gasteiger partial charge < -0.3 is 25.0 Å². The van der Waals surface area contributed by atoms with E-state index in [2.05, 4.69) is 27.7 Å². The van der Waals surface area contributed by atoms with Crippen LogP contribution in [0.25, 0.3) is 0 Å². The van der Waals surface area contributed by atoms with Crippen molar-refractivity contribution in [1.82, 2.24) is 15.5 Å². The molecule has 0 bridgehead atoms. The minimum atomic E-state index is -0.103. The Balaban J connectivity index is 1.48. The molecule has 3 aliphatic rings. The number of aryl methyl sites for hydroxylation is 1. The number of carbonyl (C=O) groups excluding carboxylic acids is 1. The highest BCUT2D eigenvalue weighted by molar-refractivity contribution is 5.83. The fraction of sp³-hybridized carbons (Fsp3) is 0.682. The highest BCUT2D eigenvalue weighted by atomic mass is 16.5. The summed E-state index contributed by atoms with van der Waals surface area (Å²) in [4.78, 5) is 15.2. The molecule has 1 amide bonds. The smallest absolute Gasteiger partial charge is 0.241 e. The van der Waals surface area contributed by atoms with Crippen molar-refractivity contribution in [1.29, 1.82) is 0 Å².